The molecule has 0 atom stereocenters. The number of benzene rings is 1. The summed E-state index contributed by atoms with van der Waals surface area (Å²) in [6, 6.07) is 2.64. The number of nitrogens with one attached hydrogen (secondary N) is 1. The highest BCUT2D eigenvalue weighted by molar-refractivity contribution is 6.33. The molecule has 1 aromatic carbocycles. The lowest BCUT2D eigenvalue weighted by molar-refractivity contribution is -0.137. The lowest BCUT2D eigenvalue weighted by Gasteiger charge is -2.36. The van der Waals surface area contributed by atoms with Gasteiger partial charge in [0, 0.05) is 38.4 Å². The number of halogens is 4. The lowest BCUT2D eigenvalue weighted by atomic mass is 10.1. The Morgan fingerprint density at radius 3 is 2.56 bits per heavy atom. The molecule has 52 heavy (non-hydrogen) atoms. The van der Waals surface area contributed by atoms with E-state index < -0.39 is 29.1 Å². The smallest absolute Gasteiger partial charge is 0.416 e. The number of carbonyl (C=O) groups excluding carboxylic acids is 2. The van der Waals surface area contributed by atoms with Crippen LogP contribution < -0.4 is 15.8 Å². The maximum atomic E-state index is 14.3. The van der Waals surface area contributed by atoms with Gasteiger partial charge < -0.3 is 24.8 Å². The summed E-state index contributed by atoms with van der Waals surface area (Å²) >= 11 is 6.14. The van der Waals surface area contributed by atoms with E-state index in [1.165, 1.54) is 11.2 Å². The normalized spacial score (nSPS) is 14.9. The number of aromatic hydroxyl groups is 1. The molecule has 0 bridgehead atoms. The minimum Gasteiger partial charge on any atom is -0.504 e. The van der Waals surface area contributed by atoms with Gasteiger partial charge in [0.2, 0.25) is 11.7 Å². The Hall–Kier alpha value is -5.52. The van der Waals surface area contributed by atoms with Crippen LogP contribution in [0.2, 0.25) is 5.02 Å². The fourth-order valence-electron chi connectivity index (χ4n) is 6.68. The zero-order valence-corrected chi connectivity index (χ0v) is 28.9. The first-order chi connectivity index (χ1) is 24.8. The van der Waals surface area contributed by atoms with Gasteiger partial charge in [-0.3, -0.25) is 19.1 Å². The summed E-state index contributed by atoms with van der Waals surface area (Å²) < 4.78 is 44.3. The SMILES string of the molecule is CCc1c(N2CCN(C(=O)c3ncnc(C)c3O)CC2)c(=O)n2nc(-c3cnn4c3CCCC4)nc2n1CC(=O)Nc1ccc(C(F)(F)F)cc1Cl. The molecule has 5 aromatic rings. The molecule has 2 aliphatic heterocycles. The number of anilines is 2. The number of carbonyl (C=O) groups is 2. The highest BCUT2D eigenvalue weighted by atomic mass is 35.5. The van der Waals surface area contributed by atoms with Crippen molar-refractivity contribution in [2.24, 2.45) is 0 Å². The van der Waals surface area contributed by atoms with Crippen molar-refractivity contribution in [3.8, 4) is 17.1 Å². The Balaban J connectivity index is 1.26. The summed E-state index contributed by atoms with van der Waals surface area (Å²) in [4.78, 5) is 57.1. The van der Waals surface area contributed by atoms with Gasteiger partial charge in [0.05, 0.1) is 39.4 Å². The molecule has 1 fully saturated rings. The van der Waals surface area contributed by atoms with Gasteiger partial charge in [0.25, 0.3) is 11.5 Å². The summed E-state index contributed by atoms with van der Waals surface area (Å²) in [7, 11) is 0. The number of fused-ring (bicyclic) bond motifs is 2. The van der Waals surface area contributed by atoms with Crippen molar-refractivity contribution in [1.29, 1.82) is 0 Å². The number of aryl methyl sites for hydroxylation is 2. The van der Waals surface area contributed by atoms with Crippen LogP contribution in [0.4, 0.5) is 24.5 Å². The van der Waals surface area contributed by atoms with Crippen molar-refractivity contribution in [2.75, 3.05) is 36.4 Å². The van der Waals surface area contributed by atoms with E-state index in [0.717, 1.165) is 54.2 Å². The minimum atomic E-state index is -4.62. The summed E-state index contributed by atoms with van der Waals surface area (Å²) in [5, 5.41) is 21.8. The minimum absolute atomic E-state index is 0.0191. The molecule has 0 spiro atoms. The third-order valence-corrected chi connectivity index (χ3v) is 9.66. The first-order valence-corrected chi connectivity index (χ1v) is 17.0. The van der Waals surface area contributed by atoms with Gasteiger partial charge in [0.1, 0.15) is 18.6 Å². The first kappa shape index (κ1) is 34.9. The fraction of sp³-hybridized carbons (Fsp3) is 0.394. The summed E-state index contributed by atoms with van der Waals surface area (Å²) in [6.07, 6.45) is 1.24. The van der Waals surface area contributed by atoms with Crippen LogP contribution in [-0.2, 0) is 36.9 Å². The average Bonchev–Trinajstić information content (AvgIpc) is 3.76. The molecule has 0 saturated carbocycles. The molecule has 0 aliphatic carbocycles. The van der Waals surface area contributed by atoms with Gasteiger partial charge in [-0.2, -0.15) is 27.8 Å². The highest BCUT2D eigenvalue weighted by Crippen LogP contribution is 2.34. The van der Waals surface area contributed by atoms with Gasteiger partial charge in [-0.05, 0) is 50.8 Å². The van der Waals surface area contributed by atoms with Crippen molar-refractivity contribution in [3.63, 3.8) is 0 Å². The second kappa shape index (κ2) is 13.6. The van der Waals surface area contributed by atoms with E-state index in [9.17, 15) is 32.7 Å². The van der Waals surface area contributed by atoms with Crippen molar-refractivity contribution < 1.29 is 27.9 Å². The monoisotopic (exact) mass is 739 g/mol. The number of rotatable bonds is 7. The molecule has 1 saturated heterocycles. The van der Waals surface area contributed by atoms with Crippen molar-refractivity contribution in [2.45, 2.75) is 58.8 Å². The van der Waals surface area contributed by atoms with Gasteiger partial charge >= 0.3 is 6.18 Å². The molecule has 19 heteroatoms. The topological polar surface area (TPSA) is 169 Å². The number of piperazine rings is 1. The number of amides is 2. The van der Waals surface area contributed by atoms with E-state index in [1.807, 2.05) is 16.5 Å². The molecule has 2 aliphatic rings. The summed E-state index contributed by atoms with van der Waals surface area (Å²) in [5.41, 5.74) is 1.04. The Labute approximate surface area is 298 Å². The predicted octanol–water partition coefficient (Wildman–Crippen LogP) is 3.73. The molecule has 2 N–H and O–H groups in total. The van der Waals surface area contributed by atoms with Crippen molar-refractivity contribution in [3.05, 3.63) is 74.4 Å². The molecule has 7 rings (SSSR count). The van der Waals surface area contributed by atoms with Crippen LogP contribution in [0.5, 0.6) is 5.75 Å². The van der Waals surface area contributed by atoms with Crippen LogP contribution in [0.25, 0.3) is 17.2 Å². The number of aromatic nitrogens is 8. The molecular weight excluding hydrogens is 707 g/mol. The zero-order chi connectivity index (χ0) is 36.9. The quantitative estimate of drug-likeness (QED) is 0.251. The van der Waals surface area contributed by atoms with Crippen LogP contribution in [0.15, 0.2) is 35.5 Å². The standard InChI is InChI=1S/C33H33ClF3N11O4/c1-3-23-27(44-10-12-45(13-11-44)30(51)26-28(50)18(2)38-17-39-26)31(52)48-32(42-29(43-48)20-15-40-47-9-5-4-6-24(20)47)46(23)16-25(49)41-22-8-7-19(14-21(22)34)33(35,36)37/h7-8,14-15,17,50H,3-6,9-13,16H2,1-2H3,(H,41,49). The first-order valence-electron chi connectivity index (χ1n) is 16.6. The van der Waals surface area contributed by atoms with Crippen molar-refractivity contribution in [1.82, 2.24) is 43.8 Å². The number of alkyl halides is 3. The Morgan fingerprint density at radius 1 is 1.08 bits per heavy atom. The maximum Gasteiger partial charge on any atom is 0.416 e. The lowest BCUT2D eigenvalue weighted by Crippen LogP contribution is -2.51. The highest BCUT2D eigenvalue weighted by Gasteiger charge is 2.33. The molecular formula is C33H33ClF3N11O4. The Morgan fingerprint density at radius 2 is 1.85 bits per heavy atom. The fourth-order valence-corrected chi connectivity index (χ4v) is 6.91. The van der Waals surface area contributed by atoms with Crippen LogP contribution in [0.3, 0.4) is 0 Å². The van der Waals surface area contributed by atoms with Crippen LogP contribution >= 0.6 is 11.6 Å². The zero-order valence-electron chi connectivity index (χ0n) is 28.1. The second-order valence-corrected chi connectivity index (χ2v) is 13.0. The van der Waals surface area contributed by atoms with Crippen molar-refractivity contribution >= 4 is 40.6 Å². The molecule has 15 nitrogen and oxygen atoms in total. The van der Waals surface area contributed by atoms with E-state index in [1.54, 1.807) is 17.7 Å². The second-order valence-electron chi connectivity index (χ2n) is 12.5. The Bertz CT molecular complexity index is 2280. The van der Waals surface area contributed by atoms with Gasteiger partial charge in [-0.1, -0.05) is 18.5 Å². The van der Waals surface area contributed by atoms with Gasteiger partial charge in [-0.15, -0.1) is 5.10 Å². The molecule has 6 heterocycles. The van der Waals surface area contributed by atoms with E-state index in [4.69, 9.17) is 16.6 Å². The van der Waals surface area contributed by atoms with E-state index in [-0.39, 0.29) is 84.3 Å². The molecule has 0 unspecified atom stereocenters. The van der Waals surface area contributed by atoms with E-state index in [2.05, 4.69) is 25.5 Å². The van der Waals surface area contributed by atoms with Gasteiger partial charge in [0.15, 0.2) is 17.3 Å². The van der Waals surface area contributed by atoms with Gasteiger partial charge in [-0.25, -0.2) is 9.97 Å². The number of hydrogen-bond donors (Lipinski definition) is 2. The van der Waals surface area contributed by atoms with Crippen LogP contribution in [0.1, 0.15) is 52.9 Å². The van der Waals surface area contributed by atoms with E-state index in [0.29, 0.717) is 11.3 Å². The number of nitrogens with zero attached hydrogens (tertiary/aromatic N) is 10. The molecule has 0 radical (unpaired) electrons. The third kappa shape index (κ3) is 6.31. The number of hydrogen-bond acceptors (Lipinski definition) is 10. The Kier molecular flexibility index (Phi) is 9.10. The third-order valence-electron chi connectivity index (χ3n) is 9.35. The molecule has 2 amide bonds. The molecule has 4 aromatic heterocycles. The largest absolute Gasteiger partial charge is 0.504 e. The average molecular weight is 740 g/mol. The summed E-state index contributed by atoms with van der Waals surface area (Å²) in [6.45, 7) is 4.60. The van der Waals surface area contributed by atoms with Crippen LogP contribution in [0, 0.1) is 6.92 Å². The van der Waals surface area contributed by atoms with Crippen LogP contribution in [-0.4, -0.2) is 86.9 Å². The summed E-state index contributed by atoms with van der Waals surface area (Å²) in [5.74, 6) is -1.05. The maximum absolute atomic E-state index is 14.3. The molecule has 272 valence electrons. The predicted molar refractivity (Wildman–Crippen MR) is 182 cm³/mol. The van der Waals surface area contributed by atoms with E-state index >= 15 is 0 Å².